The van der Waals surface area contributed by atoms with Gasteiger partial charge in [-0.3, -0.25) is 0 Å². The number of hydrogen-bond acceptors (Lipinski definition) is 0. The molecule has 0 nitrogen and oxygen atoms in total. The van der Waals surface area contributed by atoms with Crippen LogP contribution in [0.3, 0.4) is 0 Å². The van der Waals surface area contributed by atoms with Crippen molar-refractivity contribution in [3.8, 4) is 0 Å². The summed E-state index contributed by atoms with van der Waals surface area (Å²) in [4.78, 5) is 0. The van der Waals surface area contributed by atoms with E-state index in [0.717, 1.165) is 9.34 Å². The maximum absolute atomic E-state index is 2.48. The minimum absolute atomic E-state index is 0.556. The Bertz CT molecular complexity index is 111. The first-order valence-electron chi connectivity index (χ1n) is 4.27. The molecule has 0 aliphatic carbocycles. The van der Waals surface area contributed by atoms with Gasteiger partial charge in [-0.2, -0.15) is 0 Å². The second-order valence-electron chi connectivity index (χ2n) is 3.57. The Morgan fingerprint density at radius 2 is 2.30 bits per heavy atom. The molecule has 0 saturated carbocycles. The topological polar surface area (TPSA) is 0 Å². The van der Waals surface area contributed by atoms with E-state index in [-0.39, 0.29) is 0 Å². The molecule has 1 fully saturated rings. The maximum atomic E-state index is 2.48. The van der Waals surface area contributed by atoms with Crippen molar-refractivity contribution < 1.29 is 21.2 Å². The van der Waals surface area contributed by atoms with Gasteiger partial charge >= 0.3 is 75.0 Å². The summed E-state index contributed by atoms with van der Waals surface area (Å²) in [5.41, 5.74) is 0.728. The van der Waals surface area contributed by atoms with E-state index in [4.69, 9.17) is 0 Å². The molecule has 1 heterocycles. The molecule has 1 aliphatic rings. The van der Waals surface area contributed by atoms with Gasteiger partial charge in [0.25, 0.3) is 0 Å². The van der Waals surface area contributed by atoms with Crippen molar-refractivity contribution >= 4 is 0 Å². The van der Waals surface area contributed by atoms with Crippen LogP contribution in [0.1, 0.15) is 40.0 Å². The van der Waals surface area contributed by atoms with Crippen LogP contribution >= 0.6 is 0 Å². The van der Waals surface area contributed by atoms with Gasteiger partial charge < -0.3 is 0 Å². The van der Waals surface area contributed by atoms with Crippen LogP contribution in [0.2, 0.25) is 0 Å². The van der Waals surface area contributed by atoms with Gasteiger partial charge in [0, 0.05) is 0 Å². The third kappa shape index (κ3) is 1.66. The fourth-order valence-electron chi connectivity index (χ4n) is 1.55. The molecule has 0 bridgehead atoms. The molecule has 62 valence electrons. The van der Waals surface area contributed by atoms with E-state index in [9.17, 15) is 0 Å². The molecule has 10 heavy (non-hydrogen) atoms. The Morgan fingerprint density at radius 1 is 1.60 bits per heavy atom. The minimum atomic E-state index is 0.556. The summed E-state index contributed by atoms with van der Waals surface area (Å²) in [6.45, 7) is 7.30. The summed E-state index contributed by atoms with van der Waals surface area (Å²) >= 11 is 0.556. The summed E-state index contributed by atoms with van der Waals surface area (Å²) in [6, 6.07) is 0. The summed E-state index contributed by atoms with van der Waals surface area (Å²) < 4.78 is 2.65. The Morgan fingerprint density at radius 3 is 2.70 bits per heavy atom. The molecule has 0 amide bonds. The zero-order chi connectivity index (χ0) is 7.61. The van der Waals surface area contributed by atoms with Crippen LogP contribution in [-0.4, -0.2) is 8.35 Å². The van der Waals surface area contributed by atoms with E-state index < -0.39 is 0 Å². The molecular weight excluding hydrogens is 235 g/mol. The Hall–Kier alpha value is 0.730. The molecule has 1 heteroatoms. The molecule has 1 rings (SSSR count). The van der Waals surface area contributed by atoms with Crippen molar-refractivity contribution in [2.45, 2.75) is 44.0 Å². The van der Waals surface area contributed by atoms with Crippen LogP contribution in [0.15, 0.2) is 0 Å². The fraction of sp³-hybridized carbons (Fsp3) is 1.00. The third-order valence-electron chi connectivity index (χ3n) is 2.99. The Balaban J connectivity index is 2.54. The Labute approximate surface area is 75.0 Å². The average molecular weight is 253 g/mol. The van der Waals surface area contributed by atoms with Crippen molar-refractivity contribution in [1.82, 2.24) is 0 Å². The van der Waals surface area contributed by atoms with E-state index in [1.165, 1.54) is 19.3 Å². The monoisotopic (exact) mass is 253 g/mol. The zero-order valence-electron chi connectivity index (χ0n) is 7.28. The van der Waals surface area contributed by atoms with E-state index in [1.54, 1.807) is 4.43 Å². The van der Waals surface area contributed by atoms with E-state index in [0.29, 0.717) is 21.2 Å². The van der Waals surface area contributed by atoms with Gasteiger partial charge in [0.15, 0.2) is 0 Å². The van der Waals surface area contributed by atoms with Gasteiger partial charge in [-0.05, 0) is 0 Å². The fourth-order valence-corrected chi connectivity index (χ4v) is 5.13. The summed E-state index contributed by atoms with van der Waals surface area (Å²) in [5, 5.41) is 0. The van der Waals surface area contributed by atoms with E-state index in [2.05, 4.69) is 20.8 Å². The molecule has 0 aromatic carbocycles. The van der Waals surface area contributed by atoms with E-state index in [1.807, 2.05) is 0 Å². The first kappa shape index (κ1) is 8.82. The van der Waals surface area contributed by atoms with Gasteiger partial charge in [-0.1, -0.05) is 0 Å². The molecule has 0 N–H and O–H groups in total. The summed E-state index contributed by atoms with van der Waals surface area (Å²) in [6.07, 6.45) is 4.40. The summed E-state index contributed by atoms with van der Waals surface area (Å²) in [7, 11) is 0. The van der Waals surface area contributed by atoms with Gasteiger partial charge in [-0.15, -0.1) is 0 Å². The molecule has 1 saturated heterocycles. The van der Waals surface area contributed by atoms with E-state index >= 15 is 0 Å². The van der Waals surface area contributed by atoms with Gasteiger partial charge in [-0.25, -0.2) is 0 Å². The van der Waals surface area contributed by atoms with Crippen molar-refractivity contribution in [1.29, 1.82) is 0 Å². The third-order valence-corrected chi connectivity index (χ3v) is 7.20. The first-order chi connectivity index (χ1) is 4.69. The standard InChI is InChI=1S/C9H18I/c1-4-9(3)6-5-7-10-8(9)2/h8H,4-7H2,1-3H3/q-1/t8?,9-/m0/s1. The molecule has 0 aromatic rings. The van der Waals surface area contributed by atoms with Crippen molar-refractivity contribution in [2.24, 2.45) is 5.41 Å². The molecule has 0 aromatic heterocycles. The van der Waals surface area contributed by atoms with Crippen LogP contribution in [-0.2, 0) is 0 Å². The van der Waals surface area contributed by atoms with Crippen molar-refractivity contribution in [3.63, 3.8) is 0 Å². The van der Waals surface area contributed by atoms with Crippen molar-refractivity contribution in [3.05, 3.63) is 0 Å². The van der Waals surface area contributed by atoms with Gasteiger partial charge in [0.2, 0.25) is 0 Å². The van der Waals surface area contributed by atoms with Crippen LogP contribution in [0.5, 0.6) is 0 Å². The van der Waals surface area contributed by atoms with Crippen LogP contribution in [0.4, 0.5) is 0 Å². The molecular formula is C9H18I-. The van der Waals surface area contributed by atoms with Crippen LogP contribution in [0, 0.1) is 5.41 Å². The number of hydrogen-bond donors (Lipinski definition) is 0. The average Bonchev–Trinajstić information content (AvgIpc) is 1.96. The zero-order valence-corrected chi connectivity index (χ0v) is 9.44. The second kappa shape index (κ2) is 3.42. The molecule has 0 radical (unpaired) electrons. The van der Waals surface area contributed by atoms with Gasteiger partial charge in [0.1, 0.15) is 0 Å². The quantitative estimate of drug-likeness (QED) is 0.443. The number of rotatable bonds is 1. The molecule has 0 spiro atoms. The molecule has 1 aliphatic heterocycles. The number of halogens is 1. The second-order valence-corrected chi connectivity index (χ2v) is 7.40. The van der Waals surface area contributed by atoms with Crippen molar-refractivity contribution in [2.75, 3.05) is 4.43 Å². The van der Waals surface area contributed by atoms with Crippen LogP contribution < -0.4 is 21.2 Å². The number of alkyl halides is 2. The van der Waals surface area contributed by atoms with Crippen LogP contribution in [0.25, 0.3) is 0 Å². The first-order valence-corrected chi connectivity index (χ1v) is 7.04. The predicted octanol–water partition coefficient (Wildman–Crippen LogP) is -0.326. The summed E-state index contributed by atoms with van der Waals surface area (Å²) in [5.74, 6) is 0. The van der Waals surface area contributed by atoms with Gasteiger partial charge in [0.05, 0.1) is 0 Å². The Kier molecular flexibility index (Phi) is 3.02. The molecule has 1 unspecified atom stereocenters. The predicted molar refractivity (Wildman–Crippen MR) is 42.0 cm³/mol. The molecule has 2 atom stereocenters. The normalized spacial score (nSPS) is 42.5. The SMILES string of the molecule is CC[C@@]1(C)CCC[I-]C1C.